The van der Waals surface area contributed by atoms with Gasteiger partial charge in [0.1, 0.15) is 16.5 Å². The van der Waals surface area contributed by atoms with Gasteiger partial charge in [-0.15, -0.1) is 0 Å². The zero-order chi connectivity index (χ0) is 14.0. The molecule has 0 aliphatic heterocycles. The average Bonchev–Trinajstić information content (AvgIpc) is 2.34. The average molecular weight is 285 g/mol. The van der Waals surface area contributed by atoms with Gasteiger partial charge in [-0.2, -0.15) is 0 Å². The van der Waals surface area contributed by atoms with Crippen LogP contribution in [0.1, 0.15) is 0 Å². The summed E-state index contributed by atoms with van der Waals surface area (Å²) >= 11 is 0. The summed E-state index contributed by atoms with van der Waals surface area (Å²) < 4.78 is 52.2. The normalized spacial score (nSPS) is 11.3. The molecule has 100 valence electrons. The van der Waals surface area contributed by atoms with Gasteiger partial charge in [0.25, 0.3) is 10.0 Å². The van der Waals surface area contributed by atoms with Gasteiger partial charge in [0.15, 0.2) is 0 Å². The predicted octanol–water partition coefficient (Wildman–Crippen LogP) is 1.74. The fourth-order valence-corrected chi connectivity index (χ4v) is 2.52. The first kappa shape index (κ1) is 13.2. The molecule has 1 heterocycles. The lowest BCUT2D eigenvalue weighted by Gasteiger charge is -2.10. The van der Waals surface area contributed by atoms with E-state index in [1.807, 2.05) is 4.72 Å². The molecule has 0 unspecified atom stereocenters. The van der Waals surface area contributed by atoms with E-state index in [1.54, 1.807) is 0 Å². The van der Waals surface area contributed by atoms with Crippen molar-refractivity contribution in [2.75, 3.05) is 10.5 Å². The first-order chi connectivity index (χ1) is 8.90. The molecule has 0 radical (unpaired) electrons. The lowest BCUT2D eigenvalue weighted by atomic mass is 10.3. The highest BCUT2D eigenvalue weighted by Crippen LogP contribution is 2.22. The van der Waals surface area contributed by atoms with E-state index in [4.69, 9.17) is 5.73 Å². The van der Waals surface area contributed by atoms with Gasteiger partial charge in [0, 0.05) is 18.5 Å². The quantitative estimate of drug-likeness (QED) is 0.899. The maximum atomic E-state index is 13.4. The van der Waals surface area contributed by atoms with Crippen molar-refractivity contribution in [2.45, 2.75) is 4.90 Å². The van der Waals surface area contributed by atoms with Crippen LogP contribution in [-0.4, -0.2) is 13.4 Å². The second kappa shape index (κ2) is 4.81. The van der Waals surface area contributed by atoms with E-state index in [2.05, 4.69) is 4.98 Å². The standard InChI is InChI=1S/C11H9F2N3O2S/c12-7-1-2-8(13)10(5-7)16-19(17,18)11-6-15-4-3-9(11)14/h1-6,16H,(H2,14,15). The Labute approximate surface area is 108 Å². The maximum Gasteiger partial charge on any atom is 0.265 e. The summed E-state index contributed by atoms with van der Waals surface area (Å²) in [4.78, 5) is 3.32. The van der Waals surface area contributed by atoms with Crippen LogP contribution in [0.15, 0.2) is 41.6 Å². The lowest BCUT2D eigenvalue weighted by molar-refractivity contribution is 0.594. The summed E-state index contributed by atoms with van der Waals surface area (Å²) in [6, 6.07) is 3.72. The SMILES string of the molecule is Nc1ccncc1S(=O)(=O)Nc1cc(F)ccc1F. The molecule has 8 heteroatoms. The summed E-state index contributed by atoms with van der Waals surface area (Å²) in [6.07, 6.45) is 2.34. The van der Waals surface area contributed by atoms with Crippen LogP contribution in [0.4, 0.5) is 20.2 Å². The van der Waals surface area contributed by atoms with Gasteiger partial charge in [-0.25, -0.2) is 17.2 Å². The van der Waals surface area contributed by atoms with E-state index < -0.39 is 27.3 Å². The van der Waals surface area contributed by atoms with Crippen LogP contribution in [0.5, 0.6) is 0 Å². The van der Waals surface area contributed by atoms with E-state index in [-0.39, 0.29) is 10.6 Å². The Balaban J connectivity index is 2.43. The monoisotopic (exact) mass is 285 g/mol. The molecule has 0 saturated heterocycles. The largest absolute Gasteiger partial charge is 0.398 e. The molecule has 0 spiro atoms. The predicted molar refractivity (Wildman–Crippen MR) is 65.8 cm³/mol. The minimum Gasteiger partial charge on any atom is -0.398 e. The van der Waals surface area contributed by atoms with Gasteiger partial charge in [0.05, 0.1) is 11.4 Å². The molecule has 0 aliphatic rings. The third-order valence-electron chi connectivity index (χ3n) is 2.28. The molecule has 19 heavy (non-hydrogen) atoms. The fourth-order valence-electron chi connectivity index (χ4n) is 1.39. The van der Waals surface area contributed by atoms with Crippen molar-refractivity contribution < 1.29 is 17.2 Å². The number of nitrogen functional groups attached to an aromatic ring is 1. The molecule has 2 rings (SSSR count). The van der Waals surface area contributed by atoms with Crippen LogP contribution >= 0.6 is 0 Å². The number of aromatic nitrogens is 1. The van der Waals surface area contributed by atoms with Crippen molar-refractivity contribution in [1.82, 2.24) is 4.98 Å². The smallest absolute Gasteiger partial charge is 0.265 e. The number of nitrogens with one attached hydrogen (secondary N) is 1. The number of pyridine rings is 1. The number of halogens is 2. The number of anilines is 2. The molecule has 1 aromatic heterocycles. The van der Waals surface area contributed by atoms with E-state index in [9.17, 15) is 17.2 Å². The molecule has 0 bridgehead atoms. The van der Waals surface area contributed by atoms with Crippen LogP contribution in [0.2, 0.25) is 0 Å². The van der Waals surface area contributed by atoms with Gasteiger partial charge < -0.3 is 5.73 Å². The Morgan fingerprint density at radius 3 is 2.63 bits per heavy atom. The van der Waals surface area contributed by atoms with Crippen molar-refractivity contribution in [3.8, 4) is 0 Å². The maximum absolute atomic E-state index is 13.4. The Morgan fingerprint density at radius 1 is 1.21 bits per heavy atom. The third-order valence-corrected chi connectivity index (χ3v) is 3.69. The molecular formula is C11H9F2N3O2S. The summed E-state index contributed by atoms with van der Waals surface area (Å²) in [6.45, 7) is 0. The van der Waals surface area contributed by atoms with E-state index in [1.165, 1.54) is 12.3 Å². The number of nitrogens with zero attached hydrogens (tertiary/aromatic N) is 1. The zero-order valence-electron chi connectivity index (χ0n) is 9.47. The highest BCUT2D eigenvalue weighted by Gasteiger charge is 2.19. The van der Waals surface area contributed by atoms with Crippen molar-refractivity contribution >= 4 is 21.4 Å². The van der Waals surface area contributed by atoms with E-state index in [0.717, 1.165) is 24.4 Å². The van der Waals surface area contributed by atoms with Crippen LogP contribution < -0.4 is 10.5 Å². The van der Waals surface area contributed by atoms with Gasteiger partial charge in [0.2, 0.25) is 0 Å². The van der Waals surface area contributed by atoms with Crippen LogP contribution in [0.3, 0.4) is 0 Å². The summed E-state index contributed by atoms with van der Waals surface area (Å²) in [5, 5.41) is 0. The van der Waals surface area contributed by atoms with E-state index in [0.29, 0.717) is 0 Å². The molecule has 0 aliphatic carbocycles. The first-order valence-electron chi connectivity index (χ1n) is 5.07. The Morgan fingerprint density at radius 2 is 1.95 bits per heavy atom. The summed E-state index contributed by atoms with van der Waals surface area (Å²) in [5.41, 5.74) is 4.96. The van der Waals surface area contributed by atoms with Crippen molar-refractivity contribution in [1.29, 1.82) is 0 Å². The molecule has 2 aromatic rings. The summed E-state index contributed by atoms with van der Waals surface area (Å²) in [5.74, 6) is -1.66. The molecule has 0 fully saturated rings. The third kappa shape index (κ3) is 2.79. The lowest BCUT2D eigenvalue weighted by Crippen LogP contribution is -2.16. The van der Waals surface area contributed by atoms with Gasteiger partial charge in [-0.1, -0.05) is 0 Å². The van der Waals surface area contributed by atoms with Crippen LogP contribution in [-0.2, 0) is 10.0 Å². The van der Waals surface area contributed by atoms with Gasteiger partial charge in [-0.3, -0.25) is 9.71 Å². The second-order valence-electron chi connectivity index (χ2n) is 3.64. The minimum atomic E-state index is -4.13. The fraction of sp³-hybridized carbons (Fsp3) is 0. The molecule has 0 atom stereocenters. The molecule has 1 aromatic carbocycles. The zero-order valence-corrected chi connectivity index (χ0v) is 10.3. The molecule has 5 nitrogen and oxygen atoms in total. The van der Waals surface area contributed by atoms with Crippen molar-refractivity contribution in [3.05, 3.63) is 48.3 Å². The summed E-state index contributed by atoms with van der Waals surface area (Å²) in [7, 11) is -4.13. The second-order valence-corrected chi connectivity index (χ2v) is 5.29. The van der Waals surface area contributed by atoms with Crippen molar-refractivity contribution in [3.63, 3.8) is 0 Å². The Hall–Kier alpha value is -2.22. The van der Waals surface area contributed by atoms with Crippen LogP contribution in [0, 0.1) is 11.6 Å². The number of rotatable bonds is 3. The number of nitrogens with two attached hydrogens (primary N) is 1. The molecular weight excluding hydrogens is 276 g/mol. The number of hydrogen-bond donors (Lipinski definition) is 2. The molecule has 0 amide bonds. The number of benzene rings is 1. The first-order valence-corrected chi connectivity index (χ1v) is 6.56. The topological polar surface area (TPSA) is 85.1 Å². The molecule has 0 saturated carbocycles. The highest BCUT2D eigenvalue weighted by atomic mass is 32.2. The Bertz CT molecular complexity index is 720. The van der Waals surface area contributed by atoms with Crippen LogP contribution in [0.25, 0.3) is 0 Å². The minimum absolute atomic E-state index is 0.0423. The Kier molecular flexibility index (Phi) is 3.34. The molecule has 3 N–H and O–H groups in total. The van der Waals surface area contributed by atoms with Gasteiger partial charge in [-0.05, 0) is 18.2 Å². The van der Waals surface area contributed by atoms with E-state index >= 15 is 0 Å². The van der Waals surface area contributed by atoms with Crippen molar-refractivity contribution in [2.24, 2.45) is 0 Å². The number of hydrogen-bond acceptors (Lipinski definition) is 4. The highest BCUT2D eigenvalue weighted by molar-refractivity contribution is 7.92. The van der Waals surface area contributed by atoms with Gasteiger partial charge >= 0.3 is 0 Å². The number of sulfonamides is 1.